The number of nitrogens with one attached hydrogen (secondary N) is 3. The maximum Gasteiger partial charge on any atom is 0.191 e. The Labute approximate surface area is 168 Å². The standard InChI is InChI=1S/C17H22N6S.HI/c1-11-12(2)24-16(21-11)10-20-17(18-3)19-9-8-15-22-13-6-4-5-7-14(13)23-15;/h4-7H,8-10H2,1-3H3,(H,22,23)(H2,18,19,20);1H. The van der Waals surface area contributed by atoms with Crippen LogP contribution in [0, 0.1) is 13.8 Å². The van der Waals surface area contributed by atoms with Gasteiger partial charge in [0, 0.05) is 24.9 Å². The third-order valence-corrected chi connectivity index (χ3v) is 4.87. The van der Waals surface area contributed by atoms with Crippen LogP contribution in [-0.4, -0.2) is 34.5 Å². The monoisotopic (exact) mass is 470 g/mol. The van der Waals surface area contributed by atoms with E-state index >= 15 is 0 Å². The number of nitrogens with zero attached hydrogens (tertiary/aromatic N) is 3. The first-order valence-corrected chi connectivity index (χ1v) is 8.78. The van der Waals surface area contributed by atoms with Gasteiger partial charge in [-0.25, -0.2) is 9.97 Å². The summed E-state index contributed by atoms with van der Waals surface area (Å²) in [7, 11) is 1.77. The predicted molar refractivity (Wildman–Crippen MR) is 115 cm³/mol. The quantitative estimate of drug-likeness (QED) is 0.304. The van der Waals surface area contributed by atoms with E-state index in [0.717, 1.165) is 46.5 Å². The van der Waals surface area contributed by atoms with E-state index < -0.39 is 0 Å². The van der Waals surface area contributed by atoms with Crippen LogP contribution in [0.25, 0.3) is 11.0 Å². The predicted octanol–water partition coefficient (Wildman–Crippen LogP) is 3.16. The number of rotatable bonds is 5. The Morgan fingerprint density at radius 1 is 1.20 bits per heavy atom. The summed E-state index contributed by atoms with van der Waals surface area (Å²) >= 11 is 1.72. The maximum absolute atomic E-state index is 4.58. The first-order chi connectivity index (χ1) is 11.7. The minimum Gasteiger partial charge on any atom is -0.356 e. The molecular formula is C17H23IN6S. The molecule has 0 radical (unpaired) electrons. The van der Waals surface area contributed by atoms with Crippen LogP contribution in [0.2, 0.25) is 0 Å². The summed E-state index contributed by atoms with van der Waals surface area (Å²) in [5, 5.41) is 7.68. The second-order valence-corrected chi connectivity index (χ2v) is 6.84. The van der Waals surface area contributed by atoms with E-state index in [1.165, 1.54) is 4.88 Å². The summed E-state index contributed by atoms with van der Waals surface area (Å²) in [5.74, 6) is 1.75. The number of H-pyrrole nitrogens is 1. The zero-order chi connectivity index (χ0) is 16.9. The van der Waals surface area contributed by atoms with E-state index in [1.54, 1.807) is 18.4 Å². The highest BCUT2D eigenvalue weighted by atomic mass is 127. The van der Waals surface area contributed by atoms with Crippen molar-refractivity contribution in [3.8, 4) is 0 Å². The van der Waals surface area contributed by atoms with Gasteiger partial charge in [-0.3, -0.25) is 4.99 Å². The van der Waals surface area contributed by atoms with Gasteiger partial charge in [0.1, 0.15) is 10.8 Å². The van der Waals surface area contributed by atoms with Gasteiger partial charge in [0.05, 0.1) is 23.3 Å². The van der Waals surface area contributed by atoms with Crippen LogP contribution >= 0.6 is 35.3 Å². The first kappa shape index (κ1) is 19.6. The number of aliphatic imine (C=N–C) groups is 1. The van der Waals surface area contributed by atoms with Crippen LogP contribution in [0.15, 0.2) is 29.3 Å². The number of aryl methyl sites for hydroxylation is 2. The molecule has 3 N–H and O–H groups in total. The van der Waals surface area contributed by atoms with Crippen molar-refractivity contribution in [1.82, 2.24) is 25.6 Å². The highest BCUT2D eigenvalue weighted by molar-refractivity contribution is 14.0. The van der Waals surface area contributed by atoms with E-state index in [9.17, 15) is 0 Å². The number of hydrogen-bond donors (Lipinski definition) is 3. The van der Waals surface area contributed by atoms with Crippen LogP contribution in [0.4, 0.5) is 0 Å². The third-order valence-electron chi connectivity index (χ3n) is 3.80. The molecule has 0 saturated heterocycles. The van der Waals surface area contributed by atoms with Crippen molar-refractivity contribution in [2.75, 3.05) is 13.6 Å². The van der Waals surface area contributed by atoms with Gasteiger partial charge < -0.3 is 15.6 Å². The summed E-state index contributed by atoms with van der Waals surface area (Å²) < 4.78 is 0. The molecule has 0 atom stereocenters. The number of thiazole rings is 1. The van der Waals surface area contributed by atoms with E-state index in [-0.39, 0.29) is 24.0 Å². The van der Waals surface area contributed by atoms with Crippen molar-refractivity contribution < 1.29 is 0 Å². The van der Waals surface area contributed by atoms with Crippen LogP contribution in [0.5, 0.6) is 0 Å². The lowest BCUT2D eigenvalue weighted by Crippen LogP contribution is -2.37. The number of aromatic nitrogens is 3. The Hall–Kier alpha value is -1.68. The molecule has 0 aliphatic heterocycles. The molecule has 8 heteroatoms. The summed E-state index contributed by atoms with van der Waals surface area (Å²) in [6, 6.07) is 8.06. The fourth-order valence-corrected chi connectivity index (χ4v) is 3.29. The van der Waals surface area contributed by atoms with Gasteiger partial charge in [0.15, 0.2) is 5.96 Å². The van der Waals surface area contributed by atoms with E-state index in [1.807, 2.05) is 31.2 Å². The van der Waals surface area contributed by atoms with E-state index in [2.05, 4.69) is 37.5 Å². The van der Waals surface area contributed by atoms with Crippen LogP contribution in [0.3, 0.4) is 0 Å². The summed E-state index contributed by atoms with van der Waals surface area (Å²) in [5.41, 5.74) is 3.18. The highest BCUT2D eigenvalue weighted by Crippen LogP contribution is 2.15. The number of fused-ring (bicyclic) bond motifs is 1. The Bertz CT molecular complexity index is 801. The van der Waals surface area contributed by atoms with Gasteiger partial charge in [0.25, 0.3) is 0 Å². The summed E-state index contributed by atoms with van der Waals surface area (Å²) in [4.78, 5) is 17.9. The van der Waals surface area contributed by atoms with Gasteiger partial charge in [-0.2, -0.15) is 0 Å². The molecule has 6 nitrogen and oxygen atoms in total. The summed E-state index contributed by atoms with van der Waals surface area (Å²) in [6.07, 6.45) is 0.810. The normalized spacial score (nSPS) is 11.4. The molecule has 3 aromatic rings. The minimum absolute atomic E-state index is 0. The van der Waals surface area contributed by atoms with Gasteiger partial charge in [-0.05, 0) is 26.0 Å². The topological polar surface area (TPSA) is 78.0 Å². The zero-order valence-electron chi connectivity index (χ0n) is 14.6. The van der Waals surface area contributed by atoms with Crippen molar-refractivity contribution >= 4 is 52.3 Å². The van der Waals surface area contributed by atoms with Crippen molar-refractivity contribution in [1.29, 1.82) is 0 Å². The number of para-hydroxylation sites is 2. The molecule has 0 bridgehead atoms. The zero-order valence-corrected chi connectivity index (χ0v) is 17.7. The highest BCUT2D eigenvalue weighted by Gasteiger charge is 2.06. The Morgan fingerprint density at radius 2 is 2.00 bits per heavy atom. The summed E-state index contributed by atoms with van der Waals surface area (Å²) in [6.45, 7) is 5.58. The molecule has 2 heterocycles. The van der Waals surface area contributed by atoms with Crippen molar-refractivity contribution in [2.24, 2.45) is 4.99 Å². The molecule has 1 aromatic carbocycles. The number of halogens is 1. The average Bonchev–Trinajstić information content (AvgIpc) is 3.13. The lowest BCUT2D eigenvalue weighted by molar-refractivity contribution is 0.774. The first-order valence-electron chi connectivity index (χ1n) is 7.97. The van der Waals surface area contributed by atoms with Crippen molar-refractivity contribution in [3.63, 3.8) is 0 Å². The fourth-order valence-electron chi connectivity index (χ4n) is 2.42. The lowest BCUT2D eigenvalue weighted by Gasteiger charge is -2.10. The van der Waals surface area contributed by atoms with Gasteiger partial charge in [0.2, 0.25) is 0 Å². The molecule has 0 fully saturated rings. The number of benzene rings is 1. The lowest BCUT2D eigenvalue weighted by atomic mass is 10.3. The van der Waals surface area contributed by atoms with Gasteiger partial charge in [-0.15, -0.1) is 35.3 Å². The smallest absolute Gasteiger partial charge is 0.191 e. The SMILES string of the molecule is CN=C(NCCc1nc2ccccc2[nH]1)NCc1nc(C)c(C)s1.I. The molecule has 0 amide bonds. The minimum atomic E-state index is 0. The van der Waals surface area contributed by atoms with Crippen molar-refractivity contribution in [3.05, 3.63) is 45.7 Å². The van der Waals surface area contributed by atoms with Crippen LogP contribution in [-0.2, 0) is 13.0 Å². The average molecular weight is 470 g/mol. The molecule has 0 saturated carbocycles. The Morgan fingerprint density at radius 3 is 2.68 bits per heavy atom. The molecule has 0 aliphatic carbocycles. The fraction of sp³-hybridized carbons (Fsp3) is 0.353. The van der Waals surface area contributed by atoms with E-state index in [4.69, 9.17) is 0 Å². The Kier molecular flexibility index (Phi) is 7.18. The van der Waals surface area contributed by atoms with E-state index in [0.29, 0.717) is 6.54 Å². The molecule has 134 valence electrons. The number of aromatic amines is 1. The van der Waals surface area contributed by atoms with Gasteiger partial charge >= 0.3 is 0 Å². The van der Waals surface area contributed by atoms with Crippen LogP contribution in [0.1, 0.15) is 21.4 Å². The van der Waals surface area contributed by atoms with Crippen molar-refractivity contribution in [2.45, 2.75) is 26.8 Å². The Balaban J connectivity index is 0.00000225. The molecule has 25 heavy (non-hydrogen) atoms. The molecule has 0 aliphatic rings. The molecule has 3 rings (SSSR count). The number of imidazole rings is 1. The molecular weight excluding hydrogens is 447 g/mol. The second kappa shape index (κ2) is 9.14. The van der Waals surface area contributed by atoms with Gasteiger partial charge in [-0.1, -0.05) is 12.1 Å². The van der Waals surface area contributed by atoms with Crippen LogP contribution < -0.4 is 10.6 Å². The maximum atomic E-state index is 4.58. The number of hydrogen-bond acceptors (Lipinski definition) is 4. The molecule has 0 unspecified atom stereocenters. The third kappa shape index (κ3) is 5.15. The molecule has 0 spiro atoms. The number of guanidine groups is 1. The largest absolute Gasteiger partial charge is 0.356 e. The molecule has 2 aromatic heterocycles. The second-order valence-electron chi connectivity index (χ2n) is 5.55.